The Kier molecular flexibility index (Phi) is 7.06. The van der Waals surface area contributed by atoms with Gasteiger partial charge < -0.3 is 10.4 Å². The summed E-state index contributed by atoms with van der Waals surface area (Å²) in [6, 6.07) is 1.29. The number of aliphatic hydroxyl groups excluding tert-OH is 1. The molecule has 2 nitrogen and oxygen atoms in total. The van der Waals surface area contributed by atoms with Crippen LogP contribution in [0.1, 0.15) is 65.2 Å². The van der Waals surface area contributed by atoms with E-state index in [4.69, 9.17) is 5.11 Å². The molecule has 3 unspecified atom stereocenters. The summed E-state index contributed by atoms with van der Waals surface area (Å²) in [4.78, 5) is 0. The van der Waals surface area contributed by atoms with Crippen molar-refractivity contribution < 1.29 is 5.11 Å². The van der Waals surface area contributed by atoms with Crippen LogP contribution in [0.3, 0.4) is 0 Å². The van der Waals surface area contributed by atoms with Crippen LogP contribution in [0, 0.1) is 5.92 Å². The SMILES string of the molecule is CCC1CCCC(NC(C)CCCO)CC1. The van der Waals surface area contributed by atoms with Gasteiger partial charge in [-0.15, -0.1) is 0 Å². The van der Waals surface area contributed by atoms with Crippen molar-refractivity contribution in [2.45, 2.75) is 77.3 Å². The molecule has 0 bridgehead atoms. The minimum Gasteiger partial charge on any atom is -0.396 e. The molecule has 0 amide bonds. The van der Waals surface area contributed by atoms with Crippen molar-refractivity contribution in [3.63, 3.8) is 0 Å². The van der Waals surface area contributed by atoms with E-state index in [1.807, 2.05) is 0 Å². The molecule has 0 spiro atoms. The molecule has 0 aromatic heterocycles. The van der Waals surface area contributed by atoms with E-state index < -0.39 is 0 Å². The van der Waals surface area contributed by atoms with E-state index in [1.165, 1.54) is 38.5 Å². The van der Waals surface area contributed by atoms with Crippen molar-refractivity contribution in [3.05, 3.63) is 0 Å². The maximum absolute atomic E-state index is 8.80. The third-order valence-electron chi connectivity index (χ3n) is 3.98. The fourth-order valence-electron chi connectivity index (χ4n) is 2.84. The second-order valence-corrected chi connectivity index (χ2v) is 5.41. The van der Waals surface area contributed by atoms with E-state index in [0.29, 0.717) is 12.6 Å². The minimum absolute atomic E-state index is 0.328. The number of aliphatic hydroxyl groups is 1. The maximum atomic E-state index is 8.80. The van der Waals surface area contributed by atoms with Gasteiger partial charge in [0, 0.05) is 18.7 Å². The average Bonchev–Trinajstić information content (AvgIpc) is 2.51. The largest absolute Gasteiger partial charge is 0.396 e. The van der Waals surface area contributed by atoms with Crippen LogP contribution in [0.5, 0.6) is 0 Å². The monoisotopic (exact) mass is 227 g/mol. The molecule has 1 fully saturated rings. The molecule has 16 heavy (non-hydrogen) atoms. The van der Waals surface area contributed by atoms with Gasteiger partial charge in [0.05, 0.1) is 0 Å². The van der Waals surface area contributed by atoms with Gasteiger partial charge in [-0.05, 0) is 44.9 Å². The molecule has 0 aliphatic heterocycles. The lowest BCUT2D eigenvalue weighted by molar-refractivity contribution is 0.271. The van der Waals surface area contributed by atoms with Crippen LogP contribution in [0.2, 0.25) is 0 Å². The molecule has 0 radical (unpaired) electrons. The fraction of sp³-hybridized carbons (Fsp3) is 1.00. The van der Waals surface area contributed by atoms with Gasteiger partial charge in [-0.3, -0.25) is 0 Å². The van der Waals surface area contributed by atoms with Crippen molar-refractivity contribution >= 4 is 0 Å². The summed E-state index contributed by atoms with van der Waals surface area (Å²) >= 11 is 0. The quantitative estimate of drug-likeness (QED) is 0.683. The summed E-state index contributed by atoms with van der Waals surface area (Å²) in [5.41, 5.74) is 0. The predicted molar refractivity (Wildman–Crippen MR) is 69.6 cm³/mol. The highest BCUT2D eigenvalue weighted by Gasteiger charge is 2.18. The van der Waals surface area contributed by atoms with Gasteiger partial charge in [0.2, 0.25) is 0 Å². The van der Waals surface area contributed by atoms with E-state index >= 15 is 0 Å². The predicted octanol–water partition coefficient (Wildman–Crippen LogP) is 3.10. The molecule has 0 aromatic rings. The first-order chi connectivity index (χ1) is 7.76. The van der Waals surface area contributed by atoms with E-state index in [0.717, 1.165) is 24.8 Å². The average molecular weight is 227 g/mol. The molecular weight excluding hydrogens is 198 g/mol. The highest BCUT2D eigenvalue weighted by Crippen LogP contribution is 2.25. The third-order valence-corrected chi connectivity index (χ3v) is 3.98. The molecule has 96 valence electrons. The second-order valence-electron chi connectivity index (χ2n) is 5.41. The minimum atomic E-state index is 0.328. The molecule has 1 aliphatic rings. The summed E-state index contributed by atoms with van der Waals surface area (Å²) in [5.74, 6) is 0.972. The normalized spacial score (nSPS) is 28.7. The van der Waals surface area contributed by atoms with Crippen molar-refractivity contribution in [1.82, 2.24) is 5.32 Å². The first kappa shape index (κ1) is 14.0. The molecule has 0 aromatic carbocycles. The molecule has 0 heterocycles. The zero-order valence-corrected chi connectivity index (χ0v) is 11.0. The fourth-order valence-corrected chi connectivity index (χ4v) is 2.84. The lowest BCUT2D eigenvalue weighted by atomic mass is 9.97. The highest BCUT2D eigenvalue weighted by molar-refractivity contribution is 4.76. The summed E-state index contributed by atoms with van der Waals surface area (Å²) < 4.78 is 0. The molecule has 3 atom stereocenters. The maximum Gasteiger partial charge on any atom is 0.0431 e. The second kappa shape index (κ2) is 8.08. The van der Waals surface area contributed by atoms with E-state index in [9.17, 15) is 0 Å². The topological polar surface area (TPSA) is 32.3 Å². The third kappa shape index (κ3) is 5.31. The van der Waals surface area contributed by atoms with Crippen LogP contribution in [-0.4, -0.2) is 23.8 Å². The number of rotatable bonds is 6. The van der Waals surface area contributed by atoms with Crippen LogP contribution in [-0.2, 0) is 0 Å². The van der Waals surface area contributed by atoms with E-state index in [1.54, 1.807) is 0 Å². The molecule has 0 saturated heterocycles. The van der Waals surface area contributed by atoms with Gasteiger partial charge >= 0.3 is 0 Å². The molecular formula is C14H29NO. The Morgan fingerprint density at radius 2 is 2.06 bits per heavy atom. The van der Waals surface area contributed by atoms with Crippen molar-refractivity contribution in [2.75, 3.05) is 6.61 Å². The molecule has 1 aliphatic carbocycles. The van der Waals surface area contributed by atoms with Crippen molar-refractivity contribution in [3.8, 4) is 0 Å². The van der Waals surface area contributed by atoms with Crippen LogP contribution in [0.15, 0.2) is 0 Å². The van der Waals surface area contributed by atoms with Gasteiger partial charge in [-0.1, -0.05) is 26.2 Å². The Labute approximate surface area is 101 Å². The first-order valence-corrected chi connectivity index (χ1v) is 7.13. The lowest BCUT2D eigenvalue weighted by Crippen LogP contribution is -2.36. The van der Waals surface area contributed by atoms with Crippen LogP contribution in [0.4, 0.5) is 0 Å². The van der Waals surface area contributed by atoms with E-state index in [2.05, 4.69) is 19.2 Å². The lowest BCUT2D eigenvalue weighted by Gasteiger charge is -2.22. The summed E-state index contributed by atoms with van der Waals surface area (Å²) in [6.07, 6.45) is 10.3. The van der Waals surface area contributed by atoms with Gasteiger partial charge in [-0.25, -0.2) is 0 Å². The number of hydrogen-bond donors (Lipinski definition) is 2. The smallest absolute Gasteiger partial charge is 0.0431 e. The molecule has 1 rings (SSSR count). The van der Waals surface area contributed by atoms with Gasteiger partial charge in [0.15, 0.2) is 0 Å². The Hall–Kier alpha value is -0.0800. The Morgan fingerprint density at radius 1 is 1.25 bits per heavy atom. The summed E-state index contributed by atoms with van der Waals surface area (Å²) in [7, 11) is 0. The Bertz CT molecular complexity index is 172. The summed E-state index contributed by atoms with van der Waals surface area (Å²) in [5, 5.41) is 12.5. The molecule has 2 N–H and O–H groups in total. The van der Waals surface area contributed by atoms with E-state index in [-0.39, 0.29) is 0 Å². The zero-order chi connectivity index (χ0) is 11.8. The van der Waals surface area contributed by atoms with Gasteiger partial charge in [0.1, 0.15) is 0 Å². The van der Waals surface area contributed by atoms with Gasteiger partial charge in [-0.2, -0.15) is 0 Å². The van der Waals surface area contributed by atoms with Crippen LogP contribution < -0.4 is 5.32 Å². The standard InChI is InChI=1S/C14H29NO/c1-3-13-7-4-8-14(10-9-13)15-12(2)6-5-11-16/h12-16H,3-11H2,1-2H3. The van der Waals surface area contributed by atoms with Crippen LogP contribution >= 0.6 is 0 Å². The van der Waals surface area contributed by atoms with Crippen molar-refractivity contribution in [2.24, 2.45) is 5.92 Å². The Balaban J connectivity index is 2.21. The van der Waals surface area contributed by atoms with Crippen LogP contribution in [0.25, 0.3) is 0 Å². The number of hydrogen-bond acceptors (Lipinski definition) is 2. The Morgan fingerprint density at radius 3 is 2.75 bits per heavy atom. The number of nitrogens with one attached hydrogen (secondary N) is 1. The van der Waals surface area contributed by atoms with Crippen molar-refractivity contribution in [1.29, 1.82) is 0 Å². The summed E-state index contributed by atoms with van der Waals surface area (Å²) in [6.45, 7) is 4.90. The van der Waals surface area contributed by atoms with Gasteiger partial charge in [0.25, 0.3) is 0 Å². The molecule has 2 heteroatoms. The zero-order valence-electron chi connectivity index (χ0n) is 11.0. The molecule has 1 saturated carbocycles. The first-order valence-electron chi connectivity index (χ1n) is 7.13. The highest BCUT2D eigenvalue weighted by atomic mass is 16.2.